The molecule has 4 nitrogen and oxygen atoms in total. The number of fused-ring (bicyclic) bond motifs is 1. The Labute approximate surface area is 135 Å². The van der Waals surface area contributed by atoms with Crippen LogP contribution in [-0.4, -0.2) is 12.5 Å². The molecule has 1 N–H and O–H groups in total. The lowest BCUT2D eigenvalue weighted by atomic mass is 10.1. The molecule has 0 saturated heterocycles. The molecular formula is C19H19NO3. The second kappa shape index (κ2) is 7.01. The van der Waals surface area contributed by atoms with Crippen molar-refractivity contribution in [3.8, 4) is 5.75 Å². The van der Waals surface area contributed by atoms with Gasteiger partial charge in [0.25, 0.3) is 5.91 Å². The summed E-state index contributed by atoms with van der Waals surface area (Å²) in [6.07, 6.45) is 0.893. The van der Waals surface area contributed by atoms with Gasteiger partial charge in [-0.05, 0) is 41.5 Å². The molecule has 118 valence electrons. The standard InChI is InChI=1S/C19H19NO3/c1-2-11-20-19(21)18-10-9-17(23-18)13-22-16-8-7-14-5-3-4-6-15(14)12-16/h3-10,12H,2,11,13H2,1H3,(H,20,21). The summed E-state index contributed by atoms with van der Waals surface area (Å²) in [7, 11) is 0. The van der Waals surface area contributed by atoms with Crippen LogP contribution in [0, 0.1) is 0 Å². The smallest absolute Gasteiger partial charge is 0.286 e. The van der Waals surface area contributed by atoms with Crippen LogP contribution in [0.4, 0.5) is 0 Å². The molecule has 0 spiro atoms. The number of nitrogens with one attached hydrogen (secondary N) is 1. The van der Waals surface area contributed by atoms with E-state index in [1.165, 1.54) is 5.39 Å². The molecule has 0 fully saturated rings. The van der Waals surface area contributed by atoms with E-state index in [0.717, 1.165) is 17.6 Å². The van der Waals surface area contributed by atoms with Gasteiger partial charge in [-0.2, -0.15) is 0 Å². The van der Waals surface area contributed by atoms with Crippen LogP contribution in [0.5, 0.6) is 5.75 Å². The first-order valence-electron chi connectivity index (χ1n) is 7.75. The average Bonchev–Trinajstić information content (AvgIpc) is 3.07. The normalized spacial score (nSPS) is 10.7. The average molecular weight is 309 g/mol. The van der Waals surface area contributed by atoms with Gasteiger partial charge in [0.15, 0.2) is 5.76 Å². The fourth-order valence-electron chi connectivity index (χ4n) is 2.31. The molecule has 0 bridgehead atoms. The van der Waals surface area contributed by atoms with Crippen LogP contribution in [0.3, 0.4) is 0 Å². The van der Waals surface area contributed by atoms with Crippen molar-refractivity contribution >= 4 is 16.7 Å². The third-order valence-electron chi connectivity index (χ3n) is 3.52. The molecule has 4 heteroatoms. The van der Waals surface area contributed by atoms with E-state index in [4.69, 9.17) is 9.15 Å². The van der Waals surface area contributed by atoms with Gasteiger partial charge in [0, 0.05) is 6.54 Å². The molecule has 3 aromatic rings. The van der Waals surface area contributed by atoms with Crippen molar-refractivity contribution in [1.29, 1.82) is 0 Å². The lowest BCUT2D eigenvalue weighted by molar-refractivity contribution is 0.0922. The number of rotatable bonds is 6. The summed E-state index contributed by atoms with van der Waals surface area (Å²) in [5, 5.41) is 5.08. The van der Waals surface area contributed by atoms with E-state index >= 15 is 0 Å². The van der Waals surface area contributed by atoms with Crippen molar-refractivity contribution in [2.45, 2.75) is 20.0 Å². The minimum absolute atomic E-state index is 0.191. The summed E-state index contributed by atoms with van der Waals surface area (Å²) >= 11 is 0. The van der Waals surface area contributed by atoms with Crippen LogP contribution < -0.4 is 10.1 Å². The van der Waals surface area contributed by atoms with Crippen molar-refractivity contribution in [2.75, 3.05) is 6.54 Å². The number of carbonyl (C=O) groups is 1. The molecule has 23 heavy (non-hydrogen) atoms. The van der Waals surface area contributed by atoms with Crippen LogP contribution in [0.15, 0.2) is 59.0 Å². The Kier molecular flexibility index (Phi) is 4.62. The van der Waals surface area contributed by atoms with Crippen LogP contribution in [0.1, 0.15) is 29.7 Å². The fraction of sp³-hybridized carbons (Fsp3) is 0.211. The molecule has 2 aromatic carbocycles. The van der Waals surface area contributed by atoms with Gasteiger partial charge >= 0.3 is 0 Å². The predicted molar refractivity (Wildman–Crippen MR) is 89.6 cm³/mol. The minimum atomic E-state index is -0.191. The van der Waals surface area contributed by atoms with Gasteiger partial charge in [0.2, 0.25) is 0 Å². The molecular weight excluding hydrogens is 290 g/mol. The second-order valence-corrected chi connectivity index (χ2v) is 5.32. The van der Waals surface area contributed by atoms with Gasteiger partial charge in [0.1, 0.15) is 18.1 Å². The number of furan rings is 1. The highest BCUT2D eigenvalue weighted by atomic mass is 16.5. The summed E-state index contributed by atoms with van der Waals surface area (Å²) in [5.74, 6) is 1.52. The Bertz CT molecular complexity index is 807. The molecule has 3 rings (SSSR count). The first kappa shape index (κ1) is 15.2. The number of carbonyl (C=O) groups excluding carboxylic acids is 1. The Morgan fingerprint density at radius 2 is 1.91 bits per heavy atom. The number of ether oxygens (including phenoxy) is 1. The Balaban J connectivity index is 1.63. The monoisotopic (exact) mass is 309 g/mol. The highest BCUT2D eigenvalue weighted by Crippen LogP contribution is 2.21. The molecule has 0 radical (unpaired) electrons. The highest BCUT2D eigenvalue weighted by molar-refractivity contribution is 5.91. The fourth-order valence-corrected chi connectivity index (χ4v) is 2.31. The van der Waals surface area contributed by atoms with Crippen LogP contribution in [0.2, 0.25) is 0 Å². The van der Waals surface area contributed by atoms with Crippen LogP contribution >= 0.6 is 0 Å². The Hall–Kier alpha value is -2.75. The molecule has 1 amide bonds. The number of hydrogen-bond donors (Lipinski definition) is 1. The van der Waals surface area contributed by atoms with Crippen molar-refractivity contribution in [3.63, 3.8) is 0 Å². The van der Waals surface area contributed by atoms with E-state index in [1.807, 2.05) is 43.3 Å². The molecule has 0 aliphatic carbocycles. The first-order chi connectivity index (χ1) is 11.3. The lowest BCUT2D eigenvalue weighted by Crippen LogP contribution is -2.23. The maximum Gasteiger partial charge on any atom is 0.286 e. The van der Waals surface area contributed by atoms with E-state index in [2.05, 4.69) is 11.4 Å². The summed E-state index contributed by atoms with van der Waals surface area (Å²) in [4.78, 5) is 11.8. The van der Waals surface area contributed by atoms with Gasteiger partial charge in [-0.3, -0.25) is 4.79 Å². The summed E-state index contributed by atoms with van der Waals surface area (Å²) in [6, 6.07) is 17.5. The van der Waals surface area contributed by atoms with Crippen molar-refractivity contribution in [2.24, 2.45) is 0 Å². The third kappa shape index (κ3) is 3.72. The van der Waals surface area contributed by atoms with Gasteiger partial charge in [-0.15, -0.1) is 0 Å². The molecule has 0 aliphatic heterocycles. The van der Waals surface area contributed by atoms with Gasteiger partial charge in [0.05, 0.1) is 0 Å². The quantitative estimate of drug-likeness (QED) is 0.744. The van der Waals surface area contributed by atoms with E-state index in [0.29, 0.717) is 24.7 Å². The van der Waals surface area contributed by atoms with E-state index in [-0.39, 0.29) is 5.91 Å². The molecule has 0 atom stereocenters. The van der Waals surface area contributed by atoms with Gasteiger partial charge in [-0.1, -0.05) is 37.3 Å². The van der Waals surface area contributed by atoms with Crippen molar-refractivity contribution in [1.82, 2.24) is 5.32 Å². The Morgan fingerprint density at radius 3 is 2.74 bits per heavy atom. The van der Waals surface area contributed by atoms with E-state index in [1.54, 1.807) is 12.1 Å². The second-order valence-electron chi connectivity index (χ2n) is 5.32. The van der Waals surface area contributed by atoms with E-state index in [9.17, 15) is 4.79 Å². The van der Waals surface area contributed by atoms with Crippen LogP contribution in [-0.2, 0) is 6.61 Å². The molecule has 1 aromatic heterocycles. The maximum absolute atomic E-state index is 11.8. The molecule has 0 unspecified atom stereocenters. The summed E-state index contributed by atoms with van der Waals surface area (Å²) < 4.78 is 11.3. The van der Waals surface area contributed by atoms with Crippen molar-refractivity contribution in [3.05, 3.63) is 66.1 Å². The third-order valence-corrected chi connectivity index (χ3v) is 3.52. The zero-order valence-electron chi connectivity index (χ0n) is 13.0. The first-order valence-corrected chi connectivity index (χ1v) is 7.75. The lowest BCUT2D eigenvalue weighted by Gasteiger charge is -2.06. The largest absolute Gasteiger partial charge is 0.486 e. The number of hydrogen-bond acceptors (Lipinski definition) is 3. The maximum atomic E-state index is 11.8. The number of amides is 1. The zero-order chi connectivity index (χ0) is 16.1. The summed E-state index contributed by atoms with van der Waals surface area (Å²) in [5.41, 5.74) is 0. The Morgan fingerprint density at radius 1 is 1.09 bits per heavy atom. The molecule has 0 aliphatic rings. The zero-order valence-corrected chi connectivity index (χ0v) is 13.0. The minimum Gasteiger partial charge on any atom is -0.486 e. The topological polar surface area (TPSA) is 51.5 Å². The molecule has 1 heterocycles. The molecule has 0 saturated carbocycles. The summed E-state index contributed by atoms with van der Waals surface area (Å²) in [6.45, 7) is 2.94. The van der Waals surface area contributed by atoms with Crippen molar-refractivity contribution < 1.29 is 13.9 Å². The van der Waals surface area contributed by atoms with Gasteiger partial charge < -0.3 is 14.5 Å². The van der Waals surface area contributed by atoms with Gasteiger partial charge in [-0.25, -0.2) is 0 Å². The predicted octanol–water partition coefficient (Wildman–Crippen LogP) is 4.15. The SMILES string of the molecule is CCCNC(=O)c1ccc(COc2ccc3ccccc3c2)o1. The van der Waals surface area contributed by atoms with Crippen LogP contribution in [0.25, 0.3) is 10.8 Å². The highest BCUT2D eigenvalue weighted by Gasteiger charge is 2.10. The van der Waals surface area contributed by atoms with E-state index < -0.39 is 0 Å². The number of benzene rings is 2.